The number of rotatable bonds is 1. The molecule has 1 aromatic carbocycles. The molecule has 0 aliphatic heterocycles. The van der Waals surface area contributed by atoms with E-state index in [2.05, 4.69) is 0 Å². The standard InChI is InChI=1S/C6H7NO2S.CH2O2/c7-10(8,9)6-4-2-1-3-5-6;2-1-3/h1-5H,(H2,7,8,9);1H,(H,2,3). The summed E-state index contributed by atoms with van der Waals surface area (Å²) in [5, 5.41) is 11.7. The Kier molecular flexibility index (Phi) is 4.71. The van der Waals surface area contributed by atoms with E-state index < -0.39 is 10.0 Å². The van der Waals surface area contributed by atoms with Gasteiger partial charge >= 0.3 is 0 Å². The predicted molar refractivity (Wildman–Crippen MR) is 46.5 cm³/mol. The normalized spacial score (nSPS) is 9.62. The molecule has 0 atom stereocenters. The topological polar surface area (TPSA) is 97.5 Å². The number of hydrogen-bond acceptors (Lipinski definition) is 3. The first-order chi connectivity index (χ1) is 6.02. The molecule has 3 N–H and O–H groups in total. The van der Waals surface area contributed by atoms with E-state index in [0.29, 0.717) is 0 Å². The molecule has 0 bridgehead atoms. The largest absolute Gasteiger partial charge is 0.483 e. The second kappa shape index (κ2) is 5.28. The summed E-state index contributed by atoms with van der Waals surface area (Å²) in [6.07, 6.45) is 0. The van der Waals surface area contributed by atoms with Crippen LogP contribution >= 0.6 is 0 Å². The lowest BCUT2D eigenvalue weighted by Gasteiger charge is -1.93. The molecular formula is C7H9NO4S. The van der Waals surface area contributed by atoms with Crippen LogP contribution in [0.2, 0.25) is 0 Å². The molecule has 0 radical (unpaired) electrons. The number of sulfonamides is 1. The highest BCUT2D eigenvalue weighted by Gasteiger charge is 2.03. The molecule has 0 unspecified atom stereocenters. The van der Waals surface area contributed by atoms with Crippen LogP contribution in [0, 0.1) is 0 Å². The Labute approximate surface area is 75.9 Å². The van der Waals surface area contributed by atoms with Crippen LogP contribution in [0.4, 0.5) is 0 Å². The van der Waals surface area contributed by atoms with E-state index in [1.165, 1.54) is 12.1 Å². The monoisotopic (exact) mass is 203 g/mol. The Morgan fingerprint density at radius 3 is 1.85 bits per heavy atom. The Morgan fingerprint density at radius 2 is 1.62 bits per heavy atom. The van der Waals surface area contributed by atoms with E-state index in [1.54, 1.807) is 18.2 Å². The van der Waals surface area contributed by atoms with Crippen molar-refractivity contribution in [3.8, 4) is 0 Å². The average molecular weight is 203 g/mol. The fourth-order valence-corrected chi connectivity index (χ4v) is 1.15. The Balaban J connectivity index is 0.000000424. The molecule has 1 aromatic rings. The van der Waals surface area contributed by atoms with Crippen molar-refractivity contribution in [3.05, 3.63) is 30.3 Å². The van der Waals surface area contributed by atoms with Crippen LogP contribution in [-0.4, -0.2) is 20.0 Å². The average Bonchev–Trinajstić information content (AvgIpc) is 2.06. The first-order valence-electron chi connectivity index (χ1n) is 3.18. The Bertz CT molecular complexity index is 346. The van der Waals surface area contributed by atoms with Gasteiger partial charge in [-0.05, 0) is 12.1 Å². The lowest BCUT2D eigenvalue weighted by atomic mass is 10.4. The van der Waals surface area contributed by atoms with Crippen molar-refractivity contribution in [2.24, 2.45) is 5.14 Å². The molecule has 0 aromatic heterocycles. The van der Waals surface area contributed by atoms with Crippen molar-refractivity contribution < 1.29 is 18.3 Å². The SMILES string of the molecule is NS(=O)(=O)c1ccccc1.O=CO. The van der Waals surface area contributed by atoms with Crippen molar-refractivity contribution in [2.45, 2.75) is 4.90 Å². The third-order valence-corrected chi connectivity index (χ3v) is 2.00. The summed E-state index contributed by atoms with van der Waals surface area (Å²) in [4.78, 5) is 8.51. The zero-order chi connectivity index (χ0) is 10.3. The minimum atomic E-state index is -3.50. The molecule has 0 saturated carbocycles. The van der Waals surface area contributed by atoms with Crippen molar-refractivity contribution in [1.82, 2.24) is 0 Å². The molecule has 0 fully saturated rings. The highest BCUT2D eigenvalue weighted by atomic mass is 32.2. The molecule has 0 spiro atoms. The fourth-order valence-electron chi connectivity index (χ4n) is 0.610. The first kappa shape index (κ1) is 11.6. The molecule has 0 saturated heterocycles. The second-order valence-electron chi connectivity index (χ2n) is 1.96. The van der Waals surface area contributed by atoms with Crippen molar-refractivity contribution in [1.29, 1.82) is 0 Å². The number of hydrogen-bond donors (Lipinski definition) is 2. The first-order valence-corrected chi connectivity index (χ1v) is 4.72. The molecule has 0 aliphatic carbocycles. The van der Waals surface area contributed by atoms with Crippen LogP contribution < -0.4 is 5.14 Å². The van der Waals surface area contributed by atoms with Crippen LogP contribution in [0.15, 0.2) is 35.2 Å². The van der Waals surface area contributed by atoms with Crippen LogP contribution in [0.25, 0.3) is 0 Å². The molecule has 13 heavy (non-hydrogen) atoms. The summed E-state index contributed by atoms with van der Waals surface area (Å²) >= 11 is 0. The zero-order valence-electron chi connectivity index (χ0n) is 6.62. The Morgan fingerprint density at radius 1 is 1.23 bits per heavy atom. The van der Waals surface area contributed by atoms with Gasteiger partial charge in [0.2, 0.25) is 10.0 Å². The predicted octanol–water partition coefficient (Wildman–Crippen LogP) is 0.0348. The number of carboxylic acid groups (broad SMARTS) is 1. The number of nitrogens with two attached hydrogens (primary N) is 1. The molecule has 5 nitrogen and oxygen atoms in total. The number of benzene rings is 1. The van der Waals surface area contributed by atoms with Gasteiger partial charge < -0.3 is 5.11 Å². The fraction of sp³-hybridized carbons (Fsp3) is 0. The highest BCUT2D eigenvalue weighted by molar-refractivity contribution is 7.89. The van der Waals surface area contributed by atoms with Gasteiger partial charge in [0.05, 0.1) is 4.90 Å². The van der Waals surface area contributed by atoms with E-state index in [1.807, 2.05) is 0 Å². The van der Waals surface area contributed by atoms with E-state index >= 15 is 0 Å². The van der Waals surface area contributed by atoms with Gasteiger partial charge in [0.25, 0.3) is 6.47 Å². The quantitative estimate of drug-likeness (QED) is 0.629. The molecule has 0 aliphatic rings. The van der Waals surface area contributed by atoms with Crippen molar-refractivity contribution in [3.63, 3.8) is 0 Å². The Hall–Kier alpha value is -1.40. The third kappa shape index (κ3) is 4.94. The molecule has 1 rings (SSSR count). The lowest BCUT2D eigenvalue weighted by Crippen LogP contribution is -2.11. The van der Waals surface area contributed by atoms with Gasteiger partial charge in [0, 0.05) is 0 Å². The highest BCUT2D eigenvalue weighted by Crippen LogP contribution is 2.02. The molecule has 0 heterocycles. The second-order valence-corrected chi connectivity index (χ2v) is 3.52. The maximum absolute atomic E-state index is 10.6. The van der Waals surface area contributed by atoms with Gasteiger partial charge in [-0.2, -0.15) is 0 Å². The van der Waals surface area contributed by atoms with E-state index in [0.717, 1.165) is 0 Å². The summed E-state index contributed by atoms with van der Waals surface area (Å²) in [6, 6.07) is 7.89. The van der Waals surface area contributed by atoms with Gasteiger partial charge in [-0.25, -0.2) is 13.6 Å². The summed E-state index contributed by atoms with van der Waals surface area (Å²) in [7, 11) is -3.50. The molecular weight excluding hydrogens is 194 g/mol. The third-order valence-electron chi connectivity index (χ3n) is 1.07. The number of carbonyl (C=O) groups is 1. The smallest absolute Gasteiger partial charge is 0.290 e. The van der Waals surface area contributed by atoms with Crippen LogP contribution in [0.3, 0.4) is 0 Å². The van der Waals surface area contributed by atoms with Crippen LogP contribution in [0.5, 0.6) is 0 Å². The van der Waals surface area contributed by atoms with E-state index in [9.17, 15) is 8.42 Å². The number of primary sulfonamides is 1. The summed E-state index contributed by atoms with van der Waals surface area (Å²) < 4.78 is 21.2. The van der Waals surface area contributed by atoms with Crippen molar-refractivity contribution in [2.75, 3.05) is 0 Å². The molecule has 0 amide bonds. The van der Waals surface area contributed by atoms with Crippen LogP contribution in [-0.2, 0) is 14.8 Å². The minimum absolute atomic E-state index is 0.148. The van der Waals surface area contributed by atoms with Crippen LogP contribution in [0.1, 0.15) is 0 Å². The summed E-state index contributed by atoms with van der Waals surface area (Å²) in [5.74, 6) is 0. The summed E-state index contributed by atoms with van der Waals surface area (Å²) in [5.41, 5.74) is 0. The van der Waals surface area contributed by atoms with Gasteiger partial charge in [-0.15, -0.1) is 0 Å². The van der Waals surface area contributed by atoms with E-state index in [-0.39, 0.29) is 11.4 Å². The minimum Gasteiger partial charge on any atom is -0.483 e. The zero-order valence-corrected chi connectivity index (χ0v) is 7.44. The molecule has 72 valence electrons. The molecule has 6 heteroatoms. The lowest BCUT2D eigenvalue weighted by molar-refractivity contribution is -0.122. The van der Waals surface area contributed by atoms with Gasteiger partial charge in [0.15, 0.2) is 0 Å². The maximum atomic E-state index is 10.6. The van der Waals surface area contributed by atoms with Gasteiger partial charge in [0.1, 0.15) is 0 Å². The van der Waals surface area contributed by atoms with E-state index in [4.69, 9.17) is 15.0 Å². The maximum Gasteiger partial charge on any atom is 0.290 e. The van der Waals surface area contributed by atoms with Gasteiger partial charge in [-0.1, -0.05) is 18.2 Å². The van der Waals surface area contributed by atoms with Gasteiger partial charge in [-0.3, -0.25) is 4.79 Å². The summed E-state index contributed by atoms with van der Waals surface area (Å²) in [6.45, 7) is -0.250. The van der Waals surface area contributed by atoms with Crippen molar-refractivity contribution >= 4 is 16.5 Å².